The van der Waals surface area contributed by atoms with Gasteiger partial charge in [-0.3, -0.25) is 14.4 Å². The number of likely N-dealkylation sites (N-methyl/N-ethyl adjacent to an activating group) is 1. The number of anilines is 1. The minimum absolute atomic E-state index is 0.000893. The van der Waals surface area contributed by atoms with E-state index in [4.69, 9.17) is 9.72 Å². The Bertz CT molecular complexity index is 1310. The Morgan fingerprint density at radius 1 is 1.18 bits per heavy atom. The van der Waals surface area contributed by atoms with E-state index < -0.39 is 17.7 Å². The lowest BCUT2D eigenvalue weighted by Crippen LogP contribution is -2.55. The molecular weight excluding hydrogens is 514 g/mol. The fourth-order valence-electron chi connectivity index (χ4n) is 6.20. The molecule has 0 radical (unpaired) electrons. The van der Waals surface area contributed by atoms with E-state index in [2.05, 4.69) is 48.0 Å². The third kappa shape index (κ3) is 4.58. The van der Waals surface area contributed by atoms with Crippen LogP contribution in [0, 0.1) is 11.8 Å². The Morgan fingerprint density at radius 2 is 1.90 bits per heavy atom. The molecule has 6 rings (SSSR count). The number of carbonyl (C=O) groups is 3. The van der Waals surface area contributed by atoms with Crippen molar-refractivity contribution >= 4 is 34.1 Å². The summed E-state index contributed by atoms with van der Waals surface area (Å²) in [5.74, 6) is -0.409. The van der Waals surface area contributed by atoms with Crippen LogP contribution in [0.2, 0.25) is 0 Å². The average Bonchev–Trinajstić information content (AvgIpc) is 3.21. The molecule has 206 valence electrons. The van der Waals surface area contributed by atoms with E-state index in [9.17, 15) is 14.4 Å². The van der Waals surface area contributed by atoms with Gasteiger partial charge in [0.15, 0.2) is 10.9 Å². The summed E-state index contributed by atoms with van der Waals surface area (Å²) < 4.78 is 5.59. The number of carbonyl (C=O) groups excluding carboxylic acids is 3. The number of hydrogen-bond donors (Lipinski definition) is 1. The Balaban J connectivity index is 1.17. The molecule has 39 heavy (non-hydrogen) atoms. The first-order valence-electron chi connectivity index (χ1n) is 13.6. The molecule has 2 aromatic rings. The molecule has 0 spiro atoms. The third-order valence-electron chi connectivity index (χ3n) is 8.64. The van der Waals surface area contributed by atoms with Gasteiger partial charge in [0.25, 0.3) is 5.91 Å². The smallest absolute Gasteiger partial charge is 0.252 e. The van der Waals surface area contributed by atoms with Gasteiger partial charge in [-0.05, 0) is 43.0 Å². The zero-order valence-electron chi connectivity index (χ0n) is 22.7. The van der Waals surface area contributed by atoms with Crippen molar-refractivity contribution in [2.45, 2.75) is 38.0 Å². The molecule has 10 heteroatoms. The quantitative estimate of drug-likeness (QED) is 0.553. The molecule has 1 aromatic heterocycles. The number of aromatic nitrogens is 1. The molecule has 3 aliphatic heterocycles. The van der Waals surface area contributed by atoms with E-state index in [1.165, 1.54) is 0 Å². The number of fused-ring (bicyclic) bond motifs is 1. The molecule has 0 bridgehead atoms. The van der Waals surface area contributed by atoms with Crippen LogP contribution in [0.25, 0.3) is 11.3 Å². The van der Waals surface area contributed by atoms with Gasteiger partial charge in [-0.25, -0.2) is 4.98 Å². The van der Waals surface area contributed by atoms with Crippen LogP contribution in [0.5, 0.6) is 0 Å². The maximum absolute atomic E-state index is 13.9. The van der Waals surface area contributed by atoms with Gasteiger partial charge in [-0.2, -0.15) is 0 Å². The Kier molecular flexibility index (Phi) is 6.60. The van der Waals surface area contributed by atoms with E-state index in [1.807, 2.05) is 12.1 Å². The van der Waals surface area contributed by atoms with Crippen LogP contribution in [0.4, 0.5) is 5.13 Å². The summed E-state index contributed by atoms with van der Waals surface area (Å²) >= 11 is 1.64. The maximum Gasteiger partial charge on any atom is 0.252 e. The molecule has 2 amide bonds. The number of benzene rings is 1. The predicted molar refractivity (Wildman–Crippen MR) is 150 cm³/mol. The van der Waals surface area contributed by atoms with Crippen molar-refractivity contribution < 1.29 is 19.1 Å². The number of nitrogens with zero attached hydrogens (tertiary/aromatic N) is 4. The number of piperazine rings is 1. The van der Waals surface area contributed by atoms with Gasteiger partial charge in [0, 0.05) is 49.2 Å². The van der Waals surface area contributed by atoms with Crippen LogP contribution in [-0.2, 0) is 14.3 Å². The third-order valence-corrected chi connectivity index (χ3v) is 9.54. The topological polar surface area (TPSA) is 95.1 Å². The summed E-state index contributed by atoms with van der Waals surface area (Å²) in [5, 5.41) is 6.15. The lowest BCUT2D eigenvalue weighted by atomic mass is 10.0. The van der Waals surface area contributed by atoms with Crippen molar-refractivity contribution in [3.8, 4) is 11.3 Å². The molecular formula is C29H35N5O4S. The number of likely N-dealkylation sites (tertiary alicyclic amines) is 1. The van der Waals surface area contributed by atoms with Crippen molar-refractivity contribution in [3.05, 3.63) is 47.4 Å². The number of Topliss-reactive ketones (excluding diaryl/α,β-unsaturated/α-hetero) is 1. The highest BCUT2D eigenvalue weighted by atomic mass is 32.1. The number of ether oxygens (including phenoxy) is 1. The summed E-state index contributed by atoms with van der Waals surface area (Å²) in [7, 11) is 2.14. The molecule has 4 aliphatic rings. The van der Waals surface area contributed by atoms with Gasteiger partial charge in [0.05, 0.1) is 5.69 Å². The van der Waals surface area contributed by atoms with Gasteiger partial charge in [0.1, 0.15) is 24.3 Å². The number of thiazole rings is 1. The zero-order valence-corrected chi connectivity index (χ0v) is 23.5. The fraction of sp³-hybridized carbons (Fsp3) is 0.517. The molecule has 1 N–H and O–H groups in total. The molecule has 3 saturated heterocycles. The Labute approximate surface area is 232 Å². The van der Waals surface area contributed by atoms with Crippen LogP contribution < -0.4 is 10.2 Å². The highest BCUT2D eigenvalue weighted by Crippen LogP contribution is 2.51. The summed E-state index contributed by atoms with van der Waals surface area (Å²) in [5.41, 5.74) is 2.03. The van der Waals surface area contributed by atoms with Gasteiger partial charge < -0.3 is 24.8 Å². The number of rotatable bonds is 6. The van der Waals surface area contributed by atoms with Crippen LogP contribution in [-0.4, -0.2) is 96.4 Å². The first-order valence-corrected chi connectivity index (χ1v) is 14.5. The second-order valence-electron chi connectivity index (χ2n) is 11.6. The standard InChI is InChI=1S/C29H35N5O4S/c1-17(2)21-13-29(21,27(37)34-14-18(3)25-24(34)23(35)15-38-25)31-26(36)20-7-5-19(6-8-20)22-16-39-28(30-22)33-11-9-32(4)10-12-33/h5-8,16-17,21,24-25H,3,9-15H2,1-2,4H3,(H,31,36)/t21?,24-,25-,29?/m1/s1. The van der Waals surface area contributed by atoms with E-state index in [1.54, 1.807) is 28.4 Å². The second kappa shape index (κ2) is 9.83. The predicted octanol–water partition coefficient (Wildman–Crippen LogP) is 2.44. The van der Waals surface area contributed by atoms with Gasteiger partial charge >= 0.3 is 0 Å². The first-order chi connectivity index (χ1) is 18.7. The van der Waals surface area contributed by atoms with Crippen LogP contribution >= 0.6 is 11.3 Å². The van der Waals surface area contributed by atoms with Crippen molar-refractivity contribution in [2.75, 3.05) is 51.3 Å². The minimum Gasteiger partial charge on any atom is -0.363 e. The van der Waals surface area contributed by atoms with E-state index in [-0.39, 0.29) is 42.6 Å². The summed E-state index contributed by atoms with van der Waals surface area (Å²) in [6.45, 7) is 12.4. The van der Waals surface area contributed by atoms with Crippen molar-refractivity contribution in [1.82, 2.24) is 20.1 Å². The Morgan fingerprint density at radius 3 is 2.56 bits per heavy atom. The fourth-order valence-corrected chi connectivity index (χ4v) is 7.09. The van der Waals surface area contributed by atoms with Crippen LogP contribution in [0.1, 0.15) is 30.6 Å². The largest absolute Gasteiger partial charge is 0.363 e. The van der Waals surface area contributed by atoms with Crippen molar-refractivity contribution in [3.63, 3.8) is 0 Å². The molecule has 1 saturated carbocycles. The molecule has 4 heterocycles. The summed E-state index contributed by atoms with van der Waals surface area (Å²) in [6.07, 6.45) is 0.108. The number of hydrogen-bond acceptors (Lipinski definition) is 8. The van der Waals surface area contributed by atoms with Crippen LogP contribution in [0.15, 0.2) is 41.8 Å². The minimum atomic E-state index is -1.02. The van der Waals surface area contributed by atoms with Gasteiger partial charge in [0.2, 0.25) is 5.91 Å². The van der Waals surface area contributed by atoms with Gasteiger partial charge in [-0.15, -0.1) is 11.3 Å². The van der Waals surface area contributed by atoms with Gasteiger partial charge in [-0.1, -0.05) is 32.6 Å². The maximum atomic E-state index is 13.9. The van der Waals surface area contributed by atoms with E-state index >= 15 is 0 Å². The number of amides is 2. The SMILES string of the molecule is C=C1CN(C(=O)C2(NC(=O)c3ccc(-c4csc(N5CCN(C)CC5)n4)cc3)CC2C(C)C)[C@@H]2C(=O)CO[C@H]12. The lowest BCUT2D eigenvalue weighted by Gasteiger charge is -2.32. The molecule has 1 aliphatic carbocycles. The highest BCUT2D eigenvalue weighted by molar-refractivity contribution is 7.14. The summed E-state index contributed by atoms with van der Waals surface area (Å²) in [6, 6.07) is 6.74. The monoisotopic (exact) mass is 549 g/mol. The zero-order chi connectivity index (χ0) is 27.5. The highest BCUT2D eigenvalue weighted by Gasteiger charge is 2.65. The molecule has 4 fully saturated rings. The number of nitrogens with one attached hydrogen (secondary N) is 1. The van der Waals surface area contributed by atoms with Crippen LogP contribution in [0.3, 0.4) is 0 Å². The second-order valence-corrected chi connectivity index (χ2v) is 12.4. The number of ketones is 1. The van der Waals surface area contributed by atoms with E-state index in [0.29, 0.717) is 12.0 Å². The first kappa shape index (κ1) is 26.2. The van der Waals surface area contributed by atoms with Crippen molar-refractivity contribution in [1.29, 1.82) is 0 Å². The lowest BCUT2D eigenvalue weighted by molar-refractivity contribution is -0.139. The average molecular weight is 550 g/mol. The molecule has 1 aromatic carbocycles. The molecule has 2 unspecified atom stereocenters. The molecule has 9 nitrogen and oxygen atoms in total. The normalized spacial score (nSPS) is 28.8. The molecule has 4 atom stereocenters. The van der Waals surface area contributed by atoms with Crippen molar-refractivity contribution in [2.24, 2.45) is 11.8 Å². The van der Waals surface area contributed by atoms with E-state index in [0.717, 1.165) is 48.1 Å². The Hall–Kier alpha value is -3.08. The summed E-state index contributed by atoms with van der Waals surface area (Å²) in [4.78, 5) is 50.9.